The van der Waals surface area contributed by atoms with Gasteiger partial charge in [-0.25, -0.2) is 0 Å². The van der Waals surface area contributed by atoms with Gasteiger partial charge < -0.3 is 15.5 Å². The van der Waals surface area contributed by atoms with Crippen molar-refractivity contribution in [1.82, 2.24) is 10.2 Å². The monoisotopic (exact) mass is 431 g/mol. The predicted octanol–water partition coefficient (Wildman–Crippen LogP) is 4.77. The highest BCUT2D eigenvalue weighted by atomic mass is 16.2. The molecule has 0 aromatic heterocycles. The Kier molecular flexibility index (Phi) is 5.90. The Morgan fingerprint density at radius 3 is 2.56 bits per heavy atom. The van der Waals surface area contributed by atoms with E-state index in [2.05, 4.69) is 46.7 Å². The third-order valence-corrected chi connectivity index (χ3v) is 7.74. The van der Waals surface area contributed by atoms with E-state index >= 15 is 0 Å². The molecule has 1 aliphatic carbocycles. The zero-order chi connectivity index (χ0) is 22.1. The number of para-hydroxylation sites is 1. The maximum Gasteiger partial charge on any atom is 0.251 e. The van der Waals surface area contributed by atoms with Crippen LogP contribution in [0, 0.1) is 11.8 Å². The molecule has 2 amide bonds. The number of carbonyl (C=O) groups is 2. The molecule has 1 saturated carbocycles. The summed E-state index contributed by atoms with van der Waals surface area (Å²) in [6.07, 6.45) is 5.91. The lowest BCUT2D eigenvalue weighted by atomic mass is 9.80. The number of amides is 2. The first-order chi connectivity index (χ1) is 15.7. The third kappa shape index (κ3) is 3.78. The van der Waals surface area contributed by atoms with Gasteiger partial charge in [0.05, 0.1) is 12.0 Å². The van der Waals surface area contributed by atoms with Gasteiger partial charge in [0, 0.05) is 35.8 Å². The van der Waals surface area contributed by atoms with Crippen LogP contribution < -0.4 is 10.6 Å². The normalized spacial score (nSPS) is 28.9. The average Bonchev–Trinajstić information content (AvgIpc) is 3.29. The Bertz CT molecular complexity index is 976. The fraction of sp³-hybridized carbons (Fsp3) is 0.481. The van der Waals surface area contributed by atoms with Crippen LogP contribution in [0.2, 0.25) is 0 Å². The van der Waals surface area contributed by atoms with E-state index in [-0.39, 0.29) is 29.8 Å². The number of rotatable bonds is 4. The van der Waals surface area contributed by atoms with Gasteiger partial charge in [-0.15, -0.1) is 0 Å². The molecule has 0 radical (unpaired) electrons. The average molecular weight is 432 g/mol. The van der Waals surface area contributed by atoms with Crippen molar-refractivity contribution >= 4 is 17.5 Å². The zero-order valence-electron chi connectivity index (χ0n) is 18.8. The lowest BCUT2D eigenvalue weighted by Gasteiger charge is -2.41. The Balaban J connectivity index is 1.38. The minimum absolute atomic E-state index is 0.0761. The second-order valence-corrected chi connectivity index (χ2v) is 9.51. The van der Waals surface area contributed by atoms with Crippen molar-refractivity contribution in [1.29, 1.82) is 0 Å². The van der Waals surface area contributed by atoms with Crippen molar-refractivity contribution < 1.29 is 9.59 Å². The molecule has 5 atom stereocenters. The van der Waals surface area contributed by atoms with Crippen LogP contribution in [0.15, 0.2) is 54.6 Å². The molecule has 0 bridgehead atoms. The number of nitrogens with zero attached hydrogens (tertiary/aromatic N) is 1. The molecule has 2 aliphatic heterocycles. The van der Waals surface area contributed by atoms with Gasteiger partial charge in [0.2, 0.25) is 5.91 Å². The van der Waals surface area contributed by atoms with E-state index in [1.807, 2.05) is 30.3 Å². The standard InChI is InChI=1S/C27H33N3O2/c1-2-22-20-16-17-30(25(20)19-12-6-8-14-23(19)28-22)27(32)21-13-7-9-15-24(21)29-26(31)18-10-4-3-5-11-18/h3-6,8,10-12,14,20-22,24-25,28H,2,7,9,13,15-17H2,1H3,(H,29,31)/t20?,21-,22?,24+,25-/m0/s1. The van der Waals surface area contributed by atoms with Crippen molar-refractivity contribution in [2.24, 2.45) is 11.8 Å². The van der Waals surface area contributed by atoms with Gasteiger partial charge in [0.1, 0.15) is 0 Å². The van der Waals surface area contributed by atoms with Gasteiger partial charge in [-0.2, -0.15) is 0 Å². The summed E-state index contributed by atoms with van der Waals surface area (Å²) < 4.78 is 0. The highest BCUT2D eigenvalue weighted by Gasteiger charge is 2.47. The minimum Gasteiger partial charge on any atom is -0.382 e. The fourth-order valence-corrected chi connectivity index (χ4v) is 6.13. The second kappa shape index (κ2) is 8.97. The third-order valence-electron chi connectivity index (χ3n) is 7.74. The van der Waals surface area contributed by atoms with Crippen LogP contribution >= 0.6 is 0 Å². The first kappa shape index (κ1) is 21.0. The first-order valence-electron chi connectivity index (χ1n) is 12.2. The van der Waals surface area contributed by atoms with Crippen LogP contribution in [0.1, 0.15) is 67.4 Å². The van der Waals surface area contributed by atoms with Gasteiger partial charge in [0.15, 0.2) is 0 Å². The Morgan fingerprint density at radius 1 is 1.00 bits per heavy atom. The van der Waals surface area contributed by atoms with Crippen molar-refractivity contribution in [3.63, 3.8) is 0 Å². The van der Waals surface area contributed by atoms with Crippen LogP contribution in [0.25, 0.3) is 0 Å². The van der Waals surface area contributed by atoms with Gasteiger partial charge in [-0.1, -0.05) is 56.2 Å². The molecule has 5 heteroatoms. The topological polar surface area (TPSA) is 61.4 Å². The molecule has 2 unspecified atom stereocenters. The van der Waals surface area contributed by atoms with Gasteiger partial charge in [-0.05, 0) is 49.4 Å². The van der Waals surface area contributed by atoms with Crippen LogP contribution in [-0.4, -0.2) is 35.3 Å². The van der Waals surface area contributed by atoms with Gasteiger partial charge in [-0.3, -0.25) is 9.59 Å². The van der Waals surface area contributed by atoms with Crippen molar-refractivity contribution in [3.8, 4) is 0 Å². The molecule has 2 N–H and O–H groups in total. The number of fused-ring (bicyclic) bond motifs is 3. The molecule has 5 nitrogen and oxygen atoms in total. The van der Waals surface area contributed by atoms with E-state index in [1.54, 1.807) is 0 Å². The summed E-state index contributed by atoms with van der Waals surface area (Å²) >= 11 is 0. The number of hydrogen-bond acceptors (Lipinski definition) is 3. The van der Waals surface area contributed by atoms with E-state index in [4.69, 9.17) is 0 Å². The maximum absolute atomic E-state index is 13.9. The molecule has 168 valence electrons. The SMILES string of the molecule is CCC1Nc2ccccc2[C@H]2C1CCN2C(=O)[C@H]1CCCC[C@H]1NC(=O)c1ccccc1. The fourth-order valence-electron chi connectivity index (χ4n) is 6.13. The molecule has 5 rings (SSSR count). The molecular weight excluding hydrogens is 398 g/mol. The molecular formula is C27H33N3O2. The van der Waals surface area contributed by atoms with Crippen LogP contribution in [-0.2, 0) is 4.79 Å². The maximum atomic E-state index is 13.9. The summed E-state index contributed by atoms with van der Waals surface area (Å²) in [7, 11) is 0. The summed E-state index contributed by atoms with van der Waals surface area (Å²) in [6, 6.07) is 18.2. The molecule has 2 fully saturated rings. The summed E-state index contributed by atoms with van der Waals surface area (Å²) in [5.41, 5.74) is 3.06. The van der Waals surface area contributed by atoms with Gasteiger partial charge in [0.25, 0.3) is 5.91 Å². The largest absolute Gasteiger partial charge is 0.382 e. The molecule has 32 heavy (non-hydrogen) atoms. The zero-order valence-corrected chi connectivity index (χ0v) is 18.8. The molecule has 2 aromatic carbocycles. The highest BCUT2D eigenvalue weighted by molar-refractivity contribution is 5.94. The van der Waals surface area contributed by atoms with E-state index in [9.17, 15) is 9.59 Å². The number of hydrogen-bond donors (Lipinski definition) is 2. The number of benzene rings is 2. The van der Waals surface area contributed by atoms with Crippen molar-refractivity contribution in [3.05, 3.63) is 65.7 Å². The van der Waals surface area contributed by atoms with Crippen LogP contribution in [0.5, 0.6) is 0 Å². The van der Waals surface area contributed by atoms with Crippen LogP contribution in [0.3, 0.4) is 0 Å². The lowest BCUT2D eigenvalue weighted by Crippen LogP contribution is -2.50. The Hall–Kier alpha value is -2.82. The first-order valence-corrected chi connectivity index (χ1v) is 12.2. The van der Waals surface area contributed by atoms with E-state index in [1.165, 1.54) is 5.56 Å². The lowest BCUT2D eigenvalue weighted by molar-refractivity contribution is -0.138. The smallest absolute Gasteiger partial charge is 0.251 e. The molecule has 2 heterocycles. The van der Waals surface area contributed by atoms with E-state index < -0.39 is 0 Å². The summed E-state index contributed by atoms with van der Waals surface area (Å²) in [5, 5.41) is 6.92. The number of likely N-dealkylation sites (tertiary alicyclic amines) is 1. The molecule has 2 aromatic rings. The molecule has 0 spiro atoms. The number of nitrogens with one attached hydrogen (secondary N) is 2. The van der Waals surface area contributed by atoms with Crippen molar-refractivity contribution in [2.75, 3.05) is 11.9 Å². The highest BCUT2D eigenvalue weighted by Crippen LogP contribution is 2.48. The minimum atomic E-state index is -0.141. The van der Waals surface area contributed by atoms with E-state index in [0.717, 1.165) is 50.8 Å². The number of carbonyl (C=O) groups excluding carboxylic acids is 2. The quantitative estimate of drug-likeness (QED) is 0.733. The summed E-state index contributed by atoms with van der Waals surface area (Å²) in [5.74, 6) is 0.451. The summed E-state index contributed by atoms with van der Waals surface area (Å²) in [4.78, 5) is 28.9. The predicted molar refractivity (Wildman–Crippen MR) is 126 cm³/mol. The Morgan fingerprint density at radius 2 is 1.75 bits per heavy atom. The Labute approximate surface area is 190 Å². The van der Waals surface area contributed by atoms with Crippen LogP contribution in [0.4, 0.5) is 5.69 Å². The van der Waals surface area contributed by atoms with Gasteiger partial charge >= 0.3 is 0 Å². The summed E-state index contributed by atoms with van der Waals surface area (Å²) in [6.45, 7) is 3.03. The van der Waals surface area contributed by atoms with Crippen molar-refractivity contribution in [2.45, 2.75) is 63.6 Å². The van der Waals surface area contributed by atoms with E-state index in [0.29, 0.717) is 17.5 Å². The molecule has 1 saturated heterocycles. The molecule has 3 aliphatic rings. The second-order valence-electron chi connectivity index (χ2n) is 9.51. The number of anilines is 1.